The number of likely N-dealkylation sites (tertiary alicyclic amines) is 1. The number of hydrogen-bond acceptors (Lipinski definition) is 3. The molecular weight excluding hydrogens is 319 g/mol. The largest absolute Gasteiger partial charge is 0.343 e. The third-order valence-corrected chi connectivity index (χ3v) is 4.98. The molecule has 21 heavy (non-hydrogen) atoms. The predicted octanol–water partition coefficient (Wildman–Crippen LogP) is 1.77. The molecule has 1 N–H and O–H groups in total. The molecule has 1 amide bonds. The highest BCUT2D eigenvalue weighted by Crippen LogP contribution is 2.18. The van der Waals surface area contributed by atoms with Crippen molar-refractivity contribution in [2.45, 2.75) is 24.2 Å². The third kappa shape index (κ3) is 4.15. The van der Waals surface area contributed by atoms with E-state index >= 15 is 0 Å². The van der Waals surface area contributed by atoms with Crippen molar-refractivity contribution in [2.24, 2.45) is 0 Å². The normalized spacial score (nSPS) is 15.7. The number of carbonyl (C=O) groups is 1. The average molecular weight is 335 g/mol. The molecule has 0 aromatic heterocycles. The van der Waals surface area contributed by atoms with E-state index in [2.05, 4.69) is 4.72 Å². The van der Waals surface area contributed by atoms with Crippen LogP contribution in [0.3, 0.4) is 0 Å². The zero-order chi connectivity index (χ0) is 15.5. The summed E-state index contributed by atoms with van der Waals surface area (Å²) in [4.78, 5) is 12.7. The molecule has 1 heterocycles. The summed E-state index contributed by atoms with van der Waals surface area (Å²) >= 11 is 5.59. The highest BCUT2D eigenvalue weighted by atomic mass is 35.5. The van der Waals surface area contributed by atoms with Crippen molar-refractivity contribution in [1.82, 2.24) is 9.62 Å². The monoisotopic (exact) mass is 334 g/mol. The van der Waals surface area contributed by atoms with Gasteiger partial charge < -0.3 is 4.90 Å². The molecule has 1 saturated heterocycles. The molecule has 0 aliphatic carbocycles. The van der Waals surface area contributed by atoms with Gasteiger partial charge in [0.1, 0.15) is 10.7 Å². The van der Waals surface area contributed by atoms with E-state index in [1.54, 1.807) is 4.90 Å². The molecule has 0 bridgehead atoms. The SMILES string of the molecule is O=C1CCCN1CCCNS(=O)(=O)c1ccc(Cl)cc1F. The third-order valence-electron chi connectivity index (χ3n) is 3.25. The fourth-order valence-corrected chi connectivity index (χ4v) is 3.48. The molecule has 1 fully saturated rings. The first kappa shape index (κ1) is 16.2. The maximum absolute atomic E-state index is 13.6. The second kappa shape index (κ2) is 6.72. The Hall–Kier alpha value is -1.18. The van der Waals surface area contributed by atoms with E-state index in [-0.39, 0.29) is 17.5 Å². The van der Waals surface area contributed by atoms with Gasteiger partial charge in [0.15, 0.2) is 0 Å². The van der Waals surface area contributed by atoms with Gasteiger partial charge in [-0.2, -0.15) is 0 Å². The van der Waals surface area contributed by atoms with Crippen LogP contribution in [0.15, 0.2) is 23.1 Å². The lowest BCUT2D eigenvalue weighted by Gasteiger charge is -2.15. The van der Waals surface area contributed by atoms with Gasteiger partial charge in [-0.15, -0.1) is 0 Å². The van der Waals surface area contributed by atoms with Crippen LogP contribution in [0.2, 0.25) is 5.02 Å². The minimum atomic E-state index is -3.90. The Bertz CT molecular complexity index is 636. The molecule has 1 aliphatic heterocycles. The van der Waals surface area contributed by atoms with E-state index in [1.807, 2.05) is 0 Å². The second-order valence-corrected chi connectivity index (χ2v) is 6.98. The van der Waals surface area contributed by atoms with Crippen LogP contribution in [-0.2, 0) is 14.8 Å². The van der Waals surface area contributed by atoms with Crippen molar-refractivity contribution in [3.05, 3.63) is 29.0 Å². The van der Waals surface area contributed by atoms with Crippen molar-refractivity contribution in [1.29, 1.82) is 0 Å². The summed E-state index contributed by atoms with van der Waals surface area (Å²) in [6.07, 6.45) is 1.89. The van der Waals surface area contributed by atoms with Crippen molar-refractivity contribution in [3.8, 4) is 0 Å². The molecule has 0 spiro atoms. The molecule has 0 unspecified atom stereocenters. The van der Waals surface area contributed by atoms with E-state index in [4.69, 9.17) is 11.6 Å². The minimum absolute atomic E-state index is 0.0987. The summed E-state index contributed by atoms with van der Waals surface area (Å²) < 4.78 is 39.8. The van der Waals surface area contributed by atoms with Gasteiger partial charge in [0, 0.05) is 31.1 Å². The number of carbonyl (C=O) groups excluding carboxylic acids is 1. The molecule has 116 valence electrons. The molecule has 0 saturated carbocycles. The molecule has 2 rings (SSSR count). The van der Waals surface area contributed by atoms with Crippen molar-refractivity contribution >= 4 is 27.5 Å². The van der Waals surface area contributed by atoms with Crippen LogP contribution >= 0.6 is 11.6 Å². The predicted molar refractivity (Wildman–Crippen MR) is 77.0 cm³/mol. The zero-order valence-corrected chi connectivity index (χ0v) is 12.9. The van der Waals surface area contributed by atoms with Gasteiger partial charge >= 0.3 is 0 Å². The first-order valence-electron chi connectivity index (χ1n) is 6.62. The smallest absolute Gasteiger partial charge is 0.243 e. The molecule has 8 heteroatoms. The fraction of sp³-hybridized carbons (Fsp3) is 0.462. The van der Waals surface area contributed by atoms with Crippen LogP contribution in [0.5, 0.6) is 0 Å². The number of benzene rings is 1. The van der Waals surface area contributed by atoms with Crippen LogP contribution in [0.25, 0.3) is 0 Å². The molecule has 0 radical (unpaired) electrons. The van der Waals surface area contributed by atoms with Gasteiger partial charge in [0.05, 0.1) is 0 Å². The number of rotatable bonds is 6. The van der Waals surface area contributed by atoms with Gasteiger partial charge in [-0.25, -0.2) is 17.5 Å². The number of hydrogen-bond donors (Lipinski definition) is 1. The number of amides is 1. The summed E-state index contributed by atoms with van der Waals surface area (Å²) in [7, 11) is -3.90. The lowest BCUT2D eigenvalue weighted by atomic mass is 10.3. The molecule has 0 atom stereocenters. The van der Waals surface area contributed by atoms with Crippen LogP contribution < -0.4 is 4.72 Å². The lowest BCUT2D eigenvalue weighted by Crippen LogP contribution is -2.31. The summed E-state index contributed by atoms with van der Waals surface area (Å²) in [5.74, 6) is -0.786. The number of nitrogens with one attached hydrogen (secondary N) is 1. The Kier molecular flexibility index (Phi) is 5.18. The minimum Gasteiger partial charge on any atom is -0.343 e. The van der Waals surface area contributed by atoms with Crippen LogP contribution in [0.1, 0.15) is 19.3 Å². The number of nitrogens with zero attached hydrogens (tertiary/aromatic N) is 1. The number of sulfonamides is 1. The first-order chi connectivity index (χ1) is 9.90. The van der Waals surface area contributed by atoms with Crippen molar-refractivity contribution in [2.75, 3.05) is 19.6 Å². The van der Waals surface area contributed by atoms with Gasteiger partial charge in [-0.3, -0.25) is 4.79 Å². The van der Waals surface area contributed by atoms with E-state index < -0.39 is 20.7 Å². The maximum Gasteiger partial charge on any atom is 0.243 e. The van der Waals surface area contributed by atoms with Crippen molar-refractivity contribution in [3.63, 3.8) is 0 Å². The van der Waals surface area contributed by atoms with E-state index in [0.717, 1.165) is 25.1 Å². The summed E-state index contributed by atoms with van der Waals surface area (Å²) in [5, 5.41) is 0.138. The Morgan fingerprint density at radius 2 is 2.14 bits per heavy atom. The second-order valence-electron chi connectivity index (χ2n) is 4.81. The Morgan fingerprint density at radius 3 is 2.76 bits per heavy atom. The molecule has 5 nitrogen and oxygen atoms in total. The van der Waals surface area contributed by atoms with Gasteiger partial charge in [0.2, 0.25) is 15.9 Å². The van der Waals surface area contributed by atoms with Gasteiger partial charge in [0.25, 0.3) is 0 Å². The summed E-state index contributed by atoms with van der Waals surface area (Å²) in [5.41, 5.74) is 0. The first-order valence-corrected chi connectivity index (χ1v) is 8.49. The summed E-state index contributed by atoms with van der Waals surface area (Å²) in [6.45, 7) is 1.37. The summed E-state index contributed by atoms with van der Waals surface area (Å²) in [6, 6.07) is 3.41. The van der Waals surface area contributed by atoms with E-state index in [9.17, 15) is 17.6 Å². The van der Waals surface area contributed by atoms with Crippen LogP contribution in [0.4, 0.5) is 4.39 Å². The Labute approximate surface area is 128 Å². The highest BCUT2D eigenvalue weighted by Gasteiger charge is 2.21. The van der Waals surface area contributed by atoms with Gasteiger partial charge in [-0.05, 0) is 31.0 Å². The zero-order valence-electron chi connectivity index (χ0n) is 11.3. The molecular formula is C13H16ClFN2O3S. The highest BCUT2D eigenvalue weighted by molar-refractivity contribution is 7.89. The molecule has 1 aliphatic rings. The Balaban J connectivity index is 1.88. The lowest BCUT2D eigenvalue weighted by molar-refractivity contribution is -0.127. The quantitative estimate of drug-likeness (QED) is 0.806. The van der Waals surface area contributed by atoms with E-state index in [1.165, 1.54) is 6.07 Å². The fourth-order valence-electron chi connectivity index (χ4n) is 2.19. The molecule has 1 aromatic rings. The molecule has 1 aromatic carbocycles. The number of halogens is 2. The maximum atomic E-state index is 13.6. The topological polar surface area (TPSA) is 66.5 Å². The Morgan fingerprint density at radius 1 is 1.38 bits per heavy atom. The van der Waals surface area contributed by atoms with Crippen LogP contribution in [0, 0.1) is 5.82 Å². The van der Waals surface area contributed by atoms with Crippen molar-refractivity contribution < 1.29 is 17.6 Å². The standard InChI is InChI=1S/C13H16ClFN2O3S/c14-10-4-5-12(11(15)9-10)21(19,20)16-6-2-8-17-7-1-3-13(17)18/h4-5,9,16H,1-3,6-8H2. The van der Waals surface area contributed by atoms with Crippen LogP contribution in [-0.4, -0.2) is 38.9 Å². The van der Waals surface area contributed by atoms with E-state index in [0.29, 0.717) is 19.4 Å². The average Bonchev–Trinajstić information content (AvgIpc) is 2.80. The van der Waals surface area contributed by atoms with Gasteiger partial charge in [-0.1, -0.05) is 11.6 Å².